The molecule has 2 N–H and O–H groups in total. The molecule has 0 aliphatic carbocycles. The number of nitrogens with one attached hydrogen (secondary N) is 1. The lowest BCUT2D eigenvalue weighted by molar-refractivity contribution is -0.0392. The van der Waals surface area contributed by atoms with Crippen LogP contribution in [0.25, 0.3) is 0 Å². The molecule has 1 heterocycles. The molecule has 0 spiro atoms. The number of ether oxygens (including phenoxy) is 1. The summed E-state index contributed by atoms with van der Waals surface area (Å²) in [6, 6.07) is 0. The molecule has 10 heavy (non-hydrogen) atoms. The van der Waals surface area contributed by atoms with Crippen molar-refractivity contribution in [3.8, 4) is 0 Å². The van der Waals surface area contributed by atoms with Gasteiger partial charge in [-0.2, -0.15) is 0 Å². The third kappa shape index (κ3) is 2.01. The van der Waals surface area contributed by atoms with Crippen molar-refractivity contribution < 1.29 is 9.84 Å². The molecule has 1 aliphatic rings. The third-order valence-electron chi connectivity index (χ3n) is 1.72. The SMILES string of the molecule is BC(B)(O)[C@H]1CNCCO1. The zero-order chi connectivity index (χ0) is 7.61. The van der Waals surface area contributed by atoms with Gasteiger partial charge in [0, 0.05) is 18.5 Å². The van der Waals surface area contributed by atoms with E-state index in [4.69, 9.17) is 4.74 Å². The molecule has 0 saturated carbocycles. The molecule has 0 aromatic rings. The van der Waals surface area contributed by atoms with Gasteiger partial charge in [0.2, 0.25) is 0 Å². The van der Waals surface area contributed by atoms with Gasteiger partial charge >= 0.3 is 0 Å². The van der Waals surface area contributed by atoms with Gasteiger partial charge in [-0.15, -0.1) is 0 Å². The van der Waals surface area contributed by atoms with Crippen LogP contribution in [0, 0.1) is 0 Å². The highest BCUT2D eigenvalue weighted by Gasteiger charge is 2.28. The summed E-state index contributed by atoms with van der Waals surface area (Å²) < 4.78 is 5.33. The zero-order valence-corrected chi connectivity index (χ0v) is 6.55. The van der Waals surface area contributed by atoms with E-state index in [0.717, 1.165) is 13.1 Å². The summed E-state index contributed by atoms with van der Waals surface area (Å²) in [5, 5.41) is 11.9. The van der Waals surface area contributed by atoms with Gasteiger partial charge in [-0.3, -0.25) is 0 Å². The van der Waals surface area contributed by atoms with Gasteiger partial charge in [-0.25, -0.2) is 0 Å². The first-order chi connectivity index (χ1) is 4.61. The van der Waals surface area contributed by atoms with Crippen LogP contribution in [0.1, 0.15) is 0 Å². The van der Waals surface area contributed by atoms with E-state index in [1.54, 1.807) is 15.7 Å². The molecular formula is C5H13B2NO2. The highest BCUT2D eigenvalue weighted by molar-refractivity contribution is 6.39. The molecule has 0 bridgehead atoms. The van der Waals surface area contributed by atoms with Crippen LogP contribution in [0.5, 0.6) is 0 Å². The average molecular weight is 141 g/mol. The maximum Gasteiger partial charge on any atom is 0.135 e. The number of hydrogen-bond donors (Lipinski definition) is 2. The van der Waals surface area contributed by atoms with Crippen LogP contribution in [0.3, 0.4) is 0 Å². The van der Waals surface area contributed by atoms with Gasteiger partial charge in [-0.1, -0.05) is 0 Å². The molecule has 0 aromatic heterocycles. The Balaban J connectivity index is 2.39. The normalized spacial score (nSPS) is 28.3. The van der Waals surface area contributed by atoms with Crippen LogP contribution >= 0.6 is 0 Å². The fourth-order valence-electron chi connectivity index (χ4n) is 1.02. The second-order valence-electron chi connectivity index (χ2n) is 3.22. The van der Waals surface area contributed by atoms with Gasteiger partial charge in [0.25, 0.3) is 0 Å². The summed E-state index contributed by atoms with van der Waals surface area (Å²) in [5.74, 6) is 0. The van der Waals surface area contributed by atoms with Gasteiger partial charge in [-0.05, 0) is 0 Å². The molecule has 1 aliphatic heterocycles. The summed E-state index contributed by atoms with van der Waals surface area (Å²) in [6.45, 7) is 2.35. The quantitative estimate of drug-likeness (QED) is 0.379. The largest absolute Gasteiger partial charge is 0.405 e. The summed E-state index contributed by atoms with van der Waals surface area (Å²) in [7, 11) is 3.54. The molecule has 0 unspecified atom stereocenters. The number of morpholine rings is 1. The molecule has 56 valence electrons. The Kier molecular flexibility index (Phi) is 2.39. The molecular weight excluding hydrogens is 128 g/mol. The highest BCUT2D eigenvalue weighted by atomic mass is 16.5. The van der Waals surface area contributed by atoms with Crippen molar-refractivity contribution in [3.05, 3.63) is 0 Å². The molecule has 0 aromatic carbocycles. The molecule has 0 radical (unpaired) electrons. The van der Waals surface area contributed by atoms with Crippen molar-refractivity contribution in [2.75, 3.05) is 19.7 Å². The van der Waals surface area contributed by atoms with E-state index in [-0.39, 0.29) is 6.10 Å². The van der Waals surface area contributed by atoms with Crippen LogP contribution in [0.15, 0.2) is 0 Å². The van der Waals surface area contributed by atoms with Gasteiger partial charge in [0.1, 0.15) is 15.7 Å². The maximum atomic E-state index is 9.48. The summed E-state index contributed by atoms with van der Waals surface area (Å²) >= 11 is 0. The second kappa shape index (κ2) is 2.95. The molecule has 0 amide bonds. The van der Waals surface area contributed by atoms with E-state index in [1.807, 2.05) is 0 Å². The third-order valence-corrected chi connectivity index (χ3v) is 1.72. The predicted octanol–water partition coefficient (Wildman–Crippen LogP) is -3.11. The minimum absolute atomic E-state index is 0.0544. The Morgan fingerprint density at radius 3 is 2.60 bits per heavy atom. The molecule has 1 atom stereocenters. The Morgan fingerprint density at radius 1 is 1.60 bits per heavy atom. The Hall–Kier alpha value is 0.00987. The van der Waals surface area contributed by atoms with E-state index in [2.05, 4.69) is 5.32 Å². The number of hydrogen-bond acceptors (Lipinski definition) is 3. The van der Waals surface area contributed by atoms with Crippen molar-refractivity contribution in [1.29, 1.82) is 0 Å². The maximum absolute atomic E-state index is 9.48. The van der Waals surface area contributed by atoms with Crippen LogP contribution in [0.2, 0.25) is 0 Å². The standard InChI is InChI=1S/C5H13B2NO2/c6-5(7,9)4-3-8-1-2-10-4/h4,8-9H,1-3,6-7H2/t4-/m1/s1. The summed E-state index contributed by atoms with van der Waals surface area (Å²) in [6.07, 6.45) is -0.0544. The lowest BCUT2D eigenvalue weighted by Crippen LogP contribution is -2.54. The van der Waals surface area contributed by atoms with E-state index in [1.165, 1.54) is 0 Å². The Labute approximate surface area is 63.0 Å². The first kappa shape index (κ1) is 8.11. The van der Waals surface area contributed by atoms with E-state index < -0.39 is 5.40 Å². The van der Waals surface area contributed by atoms with E-state index in [9.17, 15) is 5.11 Å². The minimum atomic E-state index is -0.715. The van der Waals surface area contributed by atoms with Crippen molar-refractivity contribution in [2.24, 2.45) is 0 Å². The van der Waals surface area contributed by atoms with Crippen LogP contribution in [-0.2, 0) is 4.74 Å². The lowest BCUT2D eigenvalue weighted by Gasteiger charge is -2.33. The topological polar surface area (TPSA) is 41.5 Å². The number of aliphatic hydroxyl groups is 1. The van der Waals surface area contributed by atoms with E-state index in [0.29, 0.717) is 6.61 Å². The first-order valence-corrected chi connectivity index (χ1v) is 3.65. The van der Waals surface area contributed by atoms with E-state index >= 15 is 0 Å². The number of rotatable bonds is 1. The summed E-state index contributed by atoms with van der Waals surface area (Å²) in [4.78, 5) is 0. The highest BCUT2D eigenvalue weighted by Crippen LogP contribution is 2.06. The lowest BCUT2D eigenvalue weighted by atomic mass is 9.62. The fourth-order valence-corrected chi connectivity index (χ4v) is 1.02. The zero-order valence-electron chi connectivity index (χ0n) is 6.55. The first-order valence-electron chi connectivity index (χ1n) is 3.65. The minimum Gasteiger partial charge on any atom is -0.405 e. The smallest absolute Gasteiger partial charge is 0.135 e. The molecule has 1 fully saturated rings. The Morgan fingerprint density at radius 2 is 2.30 bits per heavy atom. The van der Waals surface area contributed by atoms with Crippen molar-refractivity contribution >= 4 is 15.7 Å². The van der Waals surface area contributed by atoms with Gasteiger partial charge < -0.3 is 15.2 Å². The second-order valence-corrected chi connectivity index (χ2v) is 3.22. The predicted molar refractivity (Wildman–Crippen MR) is 44.6 cm³/mol. The molecule has 5 heteroatoms. The van der Waals surface area contributed by atoms with Gasteiger partial charge in [0.15, 0.2) is 0 Å². The monoisotopic (exact) mass is 141 g/mol. The van der Waals surface area contributed by atoms with Gasteiger partial charge in [0.05, 0.1) is 12.7 Å². The van der Waals surface area contributed by atoms with Crippen molar-refractivity contribution in [1.82, 2.24) is 5.32 Å². The van der Waals surface area contributed by atoms with Crippen LogP contribution < -0.4 is 5.32 Å². The average Bonchev–Trinajstić information content (AvgIpc) is 1.88. The van der Waals surface area contributed by atoms with Crippen molar-refractivity contribution in [2.45, 2.75) is 11.5 Å². The fraction of sp³-hybridized carbons (Fsp3) is 1.00. The van der Waals surface area contributed by atoms with Crippen molar-refractivity contribution in [3.63, 3.8) is 0 Å². The van der Waals surface area contributed by atoms with Crippen LogP contribution in [0.4, 0.5) is 0 Å². The Bertz CT molecular complexity index is 109. The molecule has 3 nitrogen and oxygen atoms in total. The van der Waals surface area contributed by atoms with Crippen LogP contribution in [-0.4, -0.2) is 52.0 Å². The molecule has 1 saturated heterocycles. The molecule has 1 rings (SSSR count). The summed E-state index contributed by atoms with van der Waals surface area (Å²) in [5.41, 5.74) is 0.